The molecule has 0 unspecified atom stereocenters. The fraction of sp³-hybridized carbons (Fsp3) is 0.400. The van der Waals surface area contributed by atoms with E-state index in [1.54, 1.807) is 7.11 Å². The molecule has 1 saturated carbocycles. The predicted octanol–water partition coefficient (Wildman–Crippen LogP) is 2.30. The Labute approximate surface area is 82.6 Å². The van der Waals surface area contributed by atoms with Gasteiger partial charge in [0.05, 0.1) is 7.11 Å². The van der Waals surface area contributed by atoms with Crippen LogP contribution in [-0.2, 0) is 5.54 Å². The number of hydrogen-bond donors (Lipinski definition) is 1. The molecule has 13 heavy (non-hydrogen) atoms. The van der Waals surface area contributed by atoms with Crippen molar-refractivity contribution < 1.29 is 4.74 Å². The van der Waals surface area contributed by atoms with Gasteiger partial charge in [-0.25, -0.2) is 0 Å². The molecule has 0 atom stereocenters. The van der Waals surface area contributed by atoms with Gasteiger partial charge in [0.1, 0.15) is 5.75 Å². The number of benzene rings is 1. The van der Waals surface area contributed by atoms with E-state index < -0.39 is 0 Å². The van der Waals surface area contributed by atoms with Gasteiger partial charge in [0, 0.05) is 10.6 Å². The first-order chi connectivity index (χ1) is 6.15. The molecule has 2 N–H and O–H groups in total. The van der Waals surface area contributed by atoms with Crippen molar-refractivity contribution in [3.63, 3.8) is 0 Å². The minimum absolute atomic E-state index is 0.163. The summed E-state index contributed by atoms with van der Waals surface area (Å²) in [7, 11) is 1.63. The van der Waals surface area contributed by atoms with E-state index in [4.69, 9.17) is 22.1 Å². The number of rotatable bonds is 2. The van der Waals surface area contributed by atoms with Gasteiger partial charge < -0.3 is 10.5 Å². The smallest absolute Gasteiger partial charge is 0.120 e. The van der Waals surface area contributed by atoms with Gasteiger partial charge >= 0.3 is 0 Å². The number of halogens is 1. The Balaban J connectivity index is 2.38. The minimum Gasteiger partial charge on any atom is -0.497 e. The van der Waals surface area contributed by atoms with E-state index in [9.17, 15) is 0 Å². The third-order valence-electron chi connectivity index (χ3n) is 2.50. The quantitative estimate of drug-likeness (QED) is 0.790. The summed E-state index contributed by atoms with van der Waals surface area (Å²) >= 11 is 6.07. The zero-order valence-electron chi connectivity index (χ0n) is 7.51. The molecule has 0 heterocycles. The molecule has 0 aromatic heterocycles. The molecule has 1 aromatic rings. The second-order valence-electron chi connectivity index (χ2n) is 3.50. The lowest BCUT2D eigenvalue weighted by molar-refractivity contribution is 0.414. The van der Waals surface area contributed by atoms with Crippen LogP contribution < -0.4 is 10.5 Å². The van der Waals surface area contributed by atoms with Gasteiger partial charge in [0.25, 0.3) is 0 Å². The summed E-state index contributed by atoms with van der Waals surface area (Å²) in [4.78, 5) is 0. The van der Waals surface area contributed by atoms with Gasteiger partial charge in [-0.2, -0.15) is 0 Å². The Bertz CT molecular complexity index is 334. The second kappa shape index (κ2) is 2.89. The molecule has 3 heteroatoms. The lowest BCUT2D eigenvalue weighted by atomic mass is 10.1. The fourth-order valence-electron chi connectivity index (χ4n) is 1.43. The lowest BCUT2D eigenvalue weighted by Gasteiger charge is -2.11. The second-order valence-corrected chi connectivity index (χ2v) is 3.91. The summed E-state index contributed by atoms with van der Waals surface area (Å²) in [5.74, 6) is 0.776. The van der Waals surface area contributed by atoms with Crippen molar-refractivity contribution in [2.24, 2.45) is 5.73 Å². The van der Waals surface area contributed by atoms with Crippen molar-refractivity contribution in [3.8, 4) is 5.75 Å². The van der Waals surface area contributed by atoms with E-state index in [1.807, 2.05) is 18.2 Å². The average Bonchev–Trinajstić information content (AvgIpc) is 2.84. The van der Waals surface area contributed by atoms with Gasteiger partial charge in [-0.05, 0) is 30.5 Å². The van der Waals surface area contributed by atoms with E-state index in [0.29, 0.717) is 5.02 Å². The summed E-state index contributed by atoms with van der Waals surface area (Å²) in [5, 5.41) is 0.708. The van der Waals surface area contributed by atoms with Gasteiger partial charge in [0.15, 0.2) is 0 Å². The van der Waals surface area contributed by atoms with Gasteiger partial charge in [-0.1, -0.05) is 17.7 Å². The maximum Gasteiger partial charge on any atom is 0.120 e. The summed E-state index contributed by atoms with van der Waals surface area (Å²) in [6.45, 7) is 0. The molecule has 1 aliphatic carbocycles. The van der Waals surface area contributed by atoms with Crippen LogP contribution in [0.1, 0.15) is 18.4 Å². The molecule has 1 aliphatic rings. The first kappa shape index (κ1) is 8.85. The SMILES string of the molecule is COc1ccc(C2(N)CC2)c(Cl)c1. The van der Waals surface area contributed by atoms with Crippen LogP contribution in [0.15, 0.2) is 18.2 Å². The Hall–Kier alpha value is -0.730. The van der Waals surface area contributed by atoms with Crippen molar-refractivity contribution in [2.45, 2.75) is 18.4 Å². The Morgan fingerprint density at radius 2 is 2.15 bits per heavy atom. The number of methoxy groups -OCH3 is 1. The molecule has 70 valence electrons. The lowest BCUT2D eigenvalue weighted by Crippen LogP contribution is -2.18. The maximum atomic E-state index is 6.07. The monoisotopic (exact) mass is 197 g/mol. The van der Waals surface area contributed by atoms with Crippen molar-refractivity contribution in [1.29, 1.82) is 0 Å². The molecule has 0 aliphatic heterocycles. The summed E-state index contributed by atoms with van der Waals surface area (Å²) in [5.41, 5.74) is 6.91. The minimum atomic E-state index is -0.163. The van der Waals surface area contributed by atoms with Crippen molar-refractivity contribution in [2.75, 3.05) is 7.11 Å². The number of nitrogens with two attached hydrogens (primary N) is 1. The maximum absolute atomic E-state index is 6.07. The molecular weight excluding hydrogens is 186 g/mol. The summed E-state index contributed by atoms with van der Waals surface area (Å²) in [6, 6.07) is 5.66. The highest BCUT2D eigenvalue weighted by atomic mass is 35.5. The fourth-order valence-corrected chi connectivity index (χ4v) is 1.79. The average molecular weight is 198 g/mol. The molecule has 0 radical (unpaired) electrons. The topological polar surface area (TPSA) is 35.2 Å². The number of ether oxygens (including phenoxy) is 1. The van der Waals surface area contributed by atoms with E-state index in [0.717, 1.165) is 24.2 Å². The molecule has 2 nitrogen and oxygen atoms in total. The van der Waals surface area contributed by atoms with E-state index in [2.05, 4.69) is 0 Å². The highest BCUT2D eigenvalue weighted by Crippen LogP contribution is 2.46. The van der Waals surface area contributed by atoms with E-state index >= 15 is 0 Å². The molecule has 0 bridgehead atoms. The molecule has 0 amide bonds. The van der Waals surface area contributed by atoms with E-state index in [1.165, 1.54) is 0 Å². The van der Waals surface area contributed by atoms with Crippen LogP contribution >= 0.6 is 11.6 Å². The third-order valence-corrected chi connectivity index (χ3v) is 2.81. The largest absolute Gasteiger partial charge is 0.497 e. The zero-order valence-corrected chi connectivity index (χ0v) is 8.27. The Morgan fingerprint density at radius 3 is 2.62 bits per heavy atom. The standard InChI is InChI=1S/C10H12ClNO/c1-13-7-2-3-8(9(11)6-7)10(12)4-5-10/h2-3,6H,4-5,12H2,1H3. The molecular formula is C10H12ClNO. The normalized spacial score (nSPS) is 18.4. The Morgan fingerprint density at radius 1 is 1.46 bits per heavy atom. The van der Waals surface area contributed by atoms with Crippen LogP contribution in [0.25, 0.3) is 0 Å². The first-order valence-electron chi connectivity index (χ1n) is 4.29. The van der Waals surface area contributed by atoms with Crippen molar-refractivity contribution in [3.05, 3.63) is 28.8 Å². The summed E-state index contributed by atoms with van der Waals surface area (Å²) < 4.78 is 5.06. The Kier molecular flexibility index (Phi) is 1.97. The number of hydrogen-bond acceptors (Lipinski definition) is 2. The van der Waals surface area contributed by atoms with Crippen molar-refractivity contribution >= 4 is 11.6 Å². The third kappa shape index (κ3) is 1.52. The highest BCUT2D eigenvalue weighted by Gasteiger charge is 2.41. The molecule has 0 saturated heterocycles. The molecule has 0 spiro atoms. The van der Waals surface area contributed by atoms with Gasteiger partial charge in [-0.15, -0.1) is 0 Å². The molecule has 2 rings (SSSR count). The van der Waals surface area contributed by atoms with E-state index in [-0.39, 0.29) is 5.54 Å². The van der Waals surface area contributed by atoms with Crippen LogP contribution in [-0.4, -0.2) is 7.11 Å². The van der Waals surface area contributed by atoms with Crippen molar-refractivity contribution in [1.82, 2.24) is 0 Å². The van der Waals surface area contributed by atoms with Crippen LogP contribution in [0.5, 0.6) is 5.75 Å². The van der Waals surface area contributed by atoms with Crippen LogP contribution in [0.3, 0.4) is 0 Å². The van der Waals surface area contributed by atoms with Crippen LogP contribution in [0, 0.1) is 0 Å². The van der Waals surface area contributed by atoms with Gasteiger partial charge in [0.2, 0.25) is 0 Å². The van der Waals surface area contributed by atoms with Crippen LogP contribution in [0.4, 0.5) is 0 Å². The predicted molar refractivity (Wildman–Crippen MR) is 53.1 cm³/mol. The summed E-state index contributed by atoms with van der Waals surface area (Å²) in [6.07, 6.45) is 2.05. The molecule has 1 aromatic carbocycles. The van der Waals surface area contributed by atoms with Gasteiger partial charge in [-0.3, -0.25) is 0 Å². The molecule has 1 fully saturated rings. The first-order valence-corrected chi connectivity index (χ1v) is 4.66. The zero-order chi connectivity index (χ0) is 9.47. The highest BCUT2D eigenvalue weighted by molar-refractivity contribution is 6.31. The van der Waals surface area contributed by atoms with Crippen LogP contribution in [0.2, 0.25) is 5.02 Å².